The fourth-order valence-corrected chi connectivity index (χ4v) is 2.60. The predicted molar refractivity (Wildman–Crippen MR) is 66.9 cm³/mol. The fourth-order valence-electron chi connectivity index (χ4n) is 1.32. The average molecular weight is 264 g/mol. The number of hydrogen-bond donors (Lipinski definition) is 0. The van der Waals surface area contributed by atoms with Crippen molar-refractivity contribution in [3.8, 4) is 0 Å². The Hall–Kier alpha value is 0.0169. The summed E-state index contributed by atoms with van der Waals surface area (Å²) >= 11 is 0. The zero-order valence-corrected chi connectivity index (χ0v) is 12.5. The SMILES string of the molecule is COC(C)(OC)OC[SiH2]CCCOCC1CO1. The maximum Gasteiger partial charge on any atom is 0.279 e. The minimum absolute atomic E-state index is 0.212. The summed E-state index contributed by atoms with van der Waals surface area (Å²) in [5, 5.41) is 0. The summed E-state index contributed by atoms with van der Waals surface area (Å²) in [7, 11) is 2.95. The van der Waals surface area contributed by atoms with Crippen LogP contribution in [-0.2, 0) is 23.7 Å². The zero-order valence-electron chi connectivity index (χ0n) is 11.1. The van der Waals surface area contributed by atoms with Crippen LogP contribution >= 0.6 is 0 Å². The van der Waals surface area contributed by atoms with E-state index < -0.39 is 5.97 Å². The van der Waals surface area contributed by atoms with Gasteiger partial charge in [0.05, 0.1) is 22.7 Å². The molecule has 1 aliphatic heterocycles. The fraction of sp³-hybridized carbons (Fsp3) is 1.00. The molecule has 1 rings (SSSR count). The molecule has 1 fully saturated rings. The lowest BCUT2D eigenvalue weighted by Crippen LogP contribution is -2.34. The molecule has 0 bridgehead atoms. The molecule has 0 amide bonds. The van der Waals surface area contributed by atoms with E-state index in [1.807, 2.05) is 0 Å². The van der Waals surface area contributed by atoms with E-state index in [1.165, 1.54) is 6.04 Å². The molecular weight excluding hydrogens is 240 g/mol. The van der Waals surface area contributed by atoms with Crippen molar-refractivity contribution in [3.63, 3.8) is 0 Å². The molecule has 1 heterocycles. The lowest BCUT2D eigenvalue weighted by molar-refractivity contribution is -0.344. The van der Waals surface area contributed by atoms with Gasteiger partial charge in [-0.15, -0.1) is 0 Å². The molecule has 1 aliphatic rings. The van der Waals surface area contributed by atoms with E-state index in [-0.39, 0.29) is 9.52 Å². The van der Waals surface area contributed by atoms with Gasteiger partial charge in [-0.2, -0.15) is 0 Å². The Balaban J connectivity index is 1.82. The highest BCUT2D eigenvalue weighted by atomic mass is 28.2. The topological polar surface area (TPSA) is 49.5 Å². The van der Waals surface area contributed by atoms with Gasteiger partial charge in [0.2, 0.25) is 0 Å². The second kappa shape index (κ2) is 8.18. The van der Waals surface area contributed by atoms with Crippen molar-refractivity contribution in [2.24, 2.45) is 0 Å². The Morgan fingerprint density at radius 2 is 2.06 bits per heavy atom. The Morgan fingerprint density at radius 3 is 2.65 bits per heavy atom. The van der Waals surface area contributed by atoms with Crippen molar-refractivity contribution in [1.29, 1.82) is 0 Å². The number of methoxy groups -OCH3 is 2. The van der Waals surface area contributed by atoms with Gasteiger partial charge < -0.3 is 23.7 Å². The van der Waals surface area contributed by atoms with Crippen LogP contribution in [-0.4, -0.2) is 61.9 Å². The third kappa shape index (κ3) is 7.12. The quantitative estimate of drug-likeness (QED) is 0.233. The van der Waals surface area contributed by atoms with E-state index in [1.54, 1.807) is 21.1 Å². The van der Waals surface area contributed by atoms with Crippen LogP contribution in [0.3, 0.4) is 0 Å². The maximum atomic E-state index is 5.54. The molecule has 0 aliphatic carbocycles. The summed E-state index contributed by atoms with van der Waals surface area (Å²) in [5.74, 6) is -0.882. The third-order valence-electron chi connectivity index (χ3n) is 2.74. The van der Waals surface area contributed by atoms with Gasteiger partial charge in [-0.25, -0.2) is 0 Å². The van der Waals surface area contributed by atoms with E-state index in [0.717, 1.165) is 32.5 Å². The van der Waals surface area contributed by atoms with Crippen LogP contribution in [0.15, 0.2) is 0 Å². The molecule has 1 atom stereocenters. The summed E-state index contributed by atoms with van der Waals surface area (Å²) in [6.07, 6.45) is 2.25. The molecule has 1 saturated heterocycles. The highest BCUT2D eigenvalue weighted by molar-refractivity contribution is 6.35. The molecular formula is C11H24O5Si. The Morgan fingerprint density at radius 1 is 1.35 bits per heavy atom. The summed E-state index contributed by atoms with van der Waals surface area (Å²) in [4.78, 5) is 0. The van der Waals surface area contributed by atoms with E-state index in [4.69, 9.17) is 23.7 Å². The molecule has 5 nitrogen and oxygen atoms in total. The van der Waals surface area contributed by atoms with Crippen LogP contribution in [0.5, 0.6) is 0 Å². The molecule has 0 aromatic rings. The smallest absolute Gasteiger partial charge is 0.279 e. The van der Waals surface area contributed by atoms with E-state index in [0.29, 0.717) is 6.10 Å². The van der Waals surface area contributed by atoms with Gasteiger partial charge in [0.15, 0.2) is 0 Å². The highest BCUT2D eigenvalue weighted by Crippen LogP contribution is 2.11. The molecule has 0 aromatic carbocycles. The molecule has 0 aromatic heterocycles. The number of rotatable bonds is 11. The third-order valence-corrected chi connectivity index (χ3v) is 4.24. The number of ether oxygens (including phenoxy) is 5. The molecule has 17 heavy (non-hydrogen) atoms. The van der Waals surface area contributed by atoms with Crippen LogP contribution < -0.4 is 0 Å². The van der Waals surface area contributed by atoms with Crippen molar-refractivity contribution in [2.45, 2.75) is 31.5 Å². The first-order valence-electron chi connectivity index (χ1n) is 6.14. The summed E-state index contributed by atoms with van der Waals surface area (Å²) < 4.78 is 26.3. The molecule has 6 heteroatoms. The van der Waals surface area contributed by atoms with E-state index >= 15 is 0 Å². The standard InChI is InChI=1S/C11H24O5Si/c1-11(12-2,13-3)16-9-17-6-4-5-14-7-10-8-15-10/h10H,4-9,17H2,1-3H3. The largest absolute Gasteiger partial charge is 0.379 e. The summed E-state index contributed by atoms with van der Waals surface area (Å²) in [6.45, 7) is 4.23. The van der Waals surface area contributed by atoms with E-state index in [2.05, 4.69) is 0 Å². The first-order chi connectivity index (χ1) is 8.20. The second-order valence-corrected chi connectivity index (χ2v) is 6.03. The minimum Gasteiger partial charge on any atom is -0.379 e. The molecule has 0 N–H and O–H groups in total. The van der Waals surface area contributed by atoms with Crippen LogP contribution in [0.25, 0.3) is 0 Å². The van der Waals surface area contributed by atoms with Crippen LogP contribution in [0.2, 0.25) is 6.04 Å². The lowest BCUT2D eigenvalue weighted by atomic mass is 10.5. The van der Waals surface area contributed by atoms with Crippen LogP contribution in [0.1, 0.15) is 13.3 Å². The van der Waals surface area contributed by atoms with Gasteiger partial charge >= 0.3 is 0 Å². The monoisotopic (exact) mass is 264 g/mol. The van der Waals surface area contributed by atoms with Gasteiger partial charge in [0.25, 0.3) is 5.97 Å². The van der Waals surface area contributed by atoms with Crippen LogP contribution in [0, 0.1) is 0 Å². The van der Waals surface area contributed by atoms with Crippen molar-refractivity contribution in [2.75, 3.05) is 40.3 Å². The Kier molecular flexibility index (Phi) is 7.25. The molecule has 0 saturated carbocycles. The predicted octanol–water partition coefficient (Wildman–Crippen LogP) is 0.320. The van der Waals surface area contributed by atoms with Crippen molar-refractivity contribution >= 4 is 9.52 Å². The van der Waals surface area contributed by atoms with Gasteiger partial charge in [-0.05, 0) is 6.42 Å². The first kappa shape index (κ1) is 15.1. The molecule has 0 radical (unpaired) electrons. The van der Waals surface area contributed by atoms with Crippen LogP contribution in [0.4, 0.5) is 0 Å². The number of hydrogen-bond acceptors (Lipinski definition) is 5. The molecule has 0 spiro atoms. The van der Waals surface area contributed by atoms with Gasteiger partial charge in [0, 0.05) is 34.0 Å². The summed E-state index contributed by atoms with van der Waals surface area (Å²) in [5.41, 5.74) is 0. The normalized spacial score (nSPS) is 20.3. The van der Waals surface area contributed by atoms with Crippen molar-refractivity contribution < 1.29 is 23.7 Å². The van der Waals surface area contributed by atoms with Gasteiger partial charge in [-0.3, -0.25) is 0 Å². The molecule has 1 unspecified atom stereocenters. The van der Waals surface area contributed by atoms with Crippen molar-refractivity contribution in [1.82, 2.24) is 0 Å². The first-order valence-corrected chi connectivity index (χ1v) is 8.14. The van der Waals surface area contributed by atoms with Crippen molar-refractivity contribution in [3.05, 3.63) is 0 Å². The number of epoxide rings is 1. The Labute approximate surface area is 106 Å². The Bertz CT molecular complexity index is 194. The maximum absolute atomic E-state index is 5.54. The minimum atomic E-state index is -0.882. The van der Waals surface area contributed by atoms with Gasteiger partial charge in [-0.1, -0.05) is 6.04 Å². The second-order valence-electron chi connectivity index (χ2n) is 4.21. The zero-order chi connectivity index (χ0) is 12.6. The molecule has 102 valence electrons. The van der Waals surface area contributed by atoms with E-state index in [9.17, 15) is 0 Å². The average Bonchev–Trinajstić information content (AvgIpc) is 3.16. The summed E-state index contributed by atoms with van der Waals surface area (Å²) in [6, 6.07) is 1.22. The highest BCUT2D eigenvalue weighted by Gasteiger charge is 2.23. The lowest BCUT2D eigenvalue weighted by Gasteiger charge is -2.25. The van der Waals surface area contributed by atoms with Gasteiger partial charge in [0.1, 0.15) is 6.10 Å².